The number of aromatic nitrogens is 2. The molecule has 3 rings (SSSR count). The molecular formula is C14H22ClN5O2. The van der Waals surface area contributed by atoms with Crippen LogP contribution in [0.3, 0.4) is 0 Å². The SMILES string of the molecule is Cl.Cn1cc(N2CCC(NC(=O)C3CCCCN3)C2=O)cn1. The fourth-order valence-corrected chi connectivity index (χ4v) is 2.97. The zero-order valence-electron chi connectivity index (χ0n) is 12.6. The number of halogens is 1. The second-order valence-corrected chi connectivity index (χ2v) is 5.71. The van der Waals surface area contributed by atoms with Crippen LogP contribution in [-0.2, 0) is 16.6 Å². The quantitative estimate of drug-likeness (QED) is 0.831. The van der Waals surface area contributed by atoms with Crippen molar-refractivity contribution in [3.8, 4) is 0 Å². The lowest BCUT2D eigenvalue weighted by molar-refractivity contribution is -0.128. The van der Waals surface area contributed by atoms with Gasteiger partial charge in [0.1, 0.15) is 6.04 Å². The van der Waals surface area contributed by atoms with Crippen LogP contribution in [0.25, 0.3) is 0 Å². The van der Waals surface area contributed by atoms with Crippen molar-refractivity contribution in [1.29, 1.82) is 0 Å². The predicted octanol–water partition coefficient (Wildman–Crippen LogP) is 0.206. The predicted molar refractivity (Wildman–Crippen MR) is 85.0 cm³/mol. The number of nitrogens with zero attached hydrogens (tertiary/aromatic N) is 3. The maximum absolute atomic E-state index is 12.4. The molecule has 122 valence electrons. The van der Waals surface area contributed by atoms with E-state index in [0.717, 1.165) is 31.5 Å². The number of hydrogen-bond acceptors (Lipinski definition) is 4. The van der Waals surface area contributed by atoms with Gasteiger partial charge in [0, 0.05) is 19.8 Å². The molecule has 0 aliphatic carbocycles. The molecule has 2 N–H and O–H groups in total. The normalized spacial score (nSPS) is 25.0. The van der Waals surface area contributed by atoms with E-state index in [9.17, 15) is 9.59 Å². The summed E-state index contributed by atoms with van der Waals surface area (Å²) < 4.78 is 1.67. The third-order valence-corrected chi connectivity index (χ3v) is 4.15. The van der Waals surface area contributed by atoms with E-state index in [0.29, 0.717) is 13.0 Å². The molecule has 8 heteroatoms. The third-order valence-electron chi connectivity index (χ3n) is 4.15. The summed E-state index contributed by atoms with van der Waals surface area (Å²) in [4.78, 5) is 26.3. The number of nitrogens with one attached hydrogen (secondary N) is 2. The molecule has 3 heterocycles. The van der Waals surface area contributed by atoms with Gasteiger partial charge in [-0.1, -0.05) is 6.42 Å². The molecule has 2 saturated heterocycles. The average Bonchev–Trinajstić information content (AvgIpc) is 3.07. The van der Waals surface area contributed by atoms with E-state index in [1.165, 1.54) is 0 Å². The second-order valence-electron chi connectivity index (χ2n) is 5.71. The third kappa shape index (κ3) is 3.41. The van der Waals surface area contributed by atoms with Gasteiger partial charge in [-0.2, -0.15) is 5.10 Å². The van der Waals surface area contributed by atoms with E-state index in [2.05, 4.69) is 15.7 Å². The van der Waals surface area contributed by atoms with Crippen molar-refractivity contribution in [1.82, 2.24) is 20.4 Å². The number of hydrogen-bond donors (Lipinski definition) is 2. The Morgan fingerprint density at radius 1 is 1.41 bits per heavy atom. The molecule has 0 aromatic carbocycles. The Kier molecular flexibility index (Phi) is 5.42. The van der Waals surface area contributed by atoms with Crippen LogP contribution in [0.15, 0.2) is 12.4 Å². The Balaban J connectivity index is 0.00000176. The van der Waals surface area contributed by atoms with Gasteiger partial charge in [-0.15, -0.1) is 12.4 Å². The zero-order chi connectivity index (χ0) is 14.8. The van der Waals surface area contributed by atoms with Crippen LogP contribution >= 0.6 is 12.4 Å². The van der Waals surface area contributed by atoms with Crippen LogP contribution in [0.5, 0.6) is 0 Å². The fourth-order valence-electron chi connectivity index (χ4n) is 2.97. The topological polar surface area (TPSA) is 79.3 Å². The molecule has 2 amide bonds. The summed E-state index contributed by atoms with van der Waals surface area (Å²) in [5.41, 5.74) is 0.787. The van der Waals surface area contributed by atoms with E-state index in [1.807, 2.05) is 13.2 Å². The van der Waals surface area contributed by atoms with Gasteiger partial charge in [0.05, 0.1) is 17.9 Å². The van der Waals surface area contributed by atoms with Crippen molar-refractivity contribution < 1.29 is 9.59 Å². The minimum Gasteiger partial charge on any atom is -0.343 e. The lowest BCUT2D eigenvalue weighted by Gasteiger charge is -2.24. The van der Waals surface area contributed by atoms with Gasteiger partial charge in [0.25, 0.3) is 0 Å². The van der Waals surface area contributed by atoms with Gasteiger partial charge in [0.2, 0.25) is 11.8 Å². The first kappa shape index (κ1) is 16.8. The minimum absolute atomic E-state index is 0. The van der Waals surface area contributed by atoms with Gasteiger partial charge in [-0.05, 0) is 25.8 Å². The van der Waals surface area contributed by atoms with Crippen molar-refractivity contribution in [3.05, 3.63) is 12.4 Å². The summed E-state index contributed by atoms with van der Waals surface area (Å²) in [7, 11) is 1.82. The van der Waals surface area contributed by atoms with Gasteiger partial charge in [-0.25, -0.2) is 0 Å². The molecule has 2 unspecified atom stereocenters. The molecule has 0 radical (unpaired) electrons. The van der Waals surface area contributed by atoms with Crippen LogP contribution in [0, 0.1) is 0 Å². The van der Waals surface area contributed by atoms with Crippen LogP contribution in [0.1, 0.15) is 25.7 Å². The number of amides is 2. The molecule has 2 aliphatic heterocycles. The summed E-state index contributed by atoms with van der Waals surface area (Å²) in [6.45, 7) is 1.49. The van der Waals surface area contributed by atoms with Crippen LogP contribution < -0.4 is 15.5 Å². The summed E-state index contributed by atoms with van der Waals surface area (Å²) >= 11 is 0. The molecule has 2 fully saturated rings. The summed E-state index contributed by atoms with van der Waals surface area (Å²) in [6.07, 6.45) is 7.15. The van der Waals surface area contributed by atoms with Crippen molar-refractivity contribution >= 4 is 29.9 Å². The first-order valence-corrected chi connectivity index (χ1v) is 7.49. The van der Waals surface area contributed by atoms with Crippen molar-refractivity contribution in [2.75, 3.05) is 18.0 Å². The molecule has 0 spiro atoms. The fraction of sp³-hybridized carbons (Fsp3) is 0.643. The van der Waals surface area contributed by atoms with Gasteiger partial charge >= 0.3 is 0 Å². The Labute approximate surface area is 135 Å². The maximum Gasteiger partial charge on any atom is 0.249 e. The highest BCUT2D eigenvalue weighted by Gasteiger charge is 2.35. The highest BCUT2D eigenvalue weighted by molar-refractivity contribution is 6.01. The highest BCUT2D eigenvalue weighted by atomic mass is 35.5. The Bertz CT molecular complexity index is 541. The summed E-state index contributed by atoms with van der Waals surface area (Å²) in [5.74, 6) is -0.103. The van der Waals surface area contributed by atoms with E-state index in [-0.39, 0.29) is 30.3 Å². The first-order chi connectivity index (χ1) is 10.1. The molecule has 2 aliphatic rings. The monoisotopic (exact) mass is 327 g/mol. The van der Waals surface area contributed by atoms with Crippen LogP contribution in [0.2, 0.25) is 0 Å². The van der Waals surface area contributed by atoms with E-state index in [4.69, 9.17) is 0 Å². The van der Waals surface area contributed by atoms with Crippen molar-refractivity contribution in [2.45, 2.75) is 37.8 Å². The van der Waals surface area contributed by atoms with Crippen molar-refractivity contribution in [2.24, 2.45) is 7.05 Å². The molecule has 7 nitrogen and oxygen atoms in total. The number of piperidine rings is 1. The Hall–Kier alpha value is -1.60. The lowest BCUT2D eigenvalue weighted by Crippen LogP contribution is -2.51. The molecule has 0 bridgehead atoms. The molecule has 1 aromatic heterocycles. The van der Waals surface area contributed by atoms with E-state index >= 15 is 0 Å². The van der Waals surface area contributed by atoms with E-state index < -0.39 is 6.04 Å². The zero-order valence-corrected chi connectivity index (χ0v) is 13.4. The molecule has 0 saturated carbocycles. The standard InChI is InChI=1S/C14H21N5O2.ClH/c1-18-9-10(8-16-18)19-7-5-12(14(19)21)17-13(20)11-4-2-3-6-15-11;/h8-9,11-12,15H,2-7H2,1H3,(H,17,20);1H. The number of carbonyl (C=O) groups is 2. The number of anilines is 1. The van der Waals surface area contributed by atoms with Crippen molar-refractivity contribution in [3.63, 3.8) is 0 Å². The summed E-state index contributed by atoms with van der Waals surface area (Å²) in [5, 5.41) is 10.2. The van der Waals surface area contributed by atoms with E-state index in [1.54, 1.807) is 15.8 Å². The Morgan fingerprint density at radius 3 is 2.86 bits per heavy atom. The maximum atomic E-state index is 12.4. The van der Waals surface area contributed by atoms with Gasteiger partial charge < -0.3 is 15.5 Å². The van der Waals surface area contributed by atoms with Crippen LogP contribution in [-0.4, -0.2) is 46.8 Å². The first-order valence-electron chi connectivity index (χ1n) is 7.49. The molecular weight excluding hydrogens is 306 g/mol. The smallest absolute Gasteiger partial charge is 0.249 e. The van der Waals surface area contributed by atoms with Gasteiger partial charge in [-0.3, -0.25) is 14.3 Å². The molecule has 22 heavy (non-hydrogen) atoms. The molecule has 1 aromatic rings. The summed E-state index contributed by atoms with van der Waals surface area (Å²) in [6, 6.07) is -0.569. The van der Waals surface area contributed by atoms with Crippen LogP contribution in [0.4, 0.5) is 5.69 Å². The minimum atomic E-state index is -0.415. The number of aryl methyl sites for hydroxylation is 1. The Morgan fingerprint density at radius 2 is 2.23 bits per heavy atom. The number of carbonyl (C=O) groups excluding carboxylic acids is 2. The average molecular weight is 328 g/mol. The second kappa shape index (κ2) is 7.11. The molecule has 2 atom stereocenters. The number of rotatable bonds is 3. The largest absolute Gasteiger partial charge is 0.343 e. The lowest BCUT2D eigenvalue weighted by atomic mass is 10.0. The van der Waals surface area contributed by atoms with Gasteiger partial charge in [0.15, 0.2) is 0 Å². The highest BCUT2D eigenvalue weighted by Crippen LogP contribution is 2.21.